The molecule has 1 aliphatic rings. The summed E-state index contributed by atoms with van der Waals surface area (Å²) in [4.78, 5) is 0. The van der Waals surface area contributed by atoms with Crippen molar-refractivity contribution in [3.8, 4) is 18.1 Å². The van der Waals surface area contributed by atoms with E-state index in [1.807, 2.05) is 24.3 Å². The lowest BCUT2D eigenvalue weighted by Crippen LogP contribution is -2.30. The van der Waals surface area contributed by atoms with Gasteiger partial charge in [0, 0.05) is 5.92 Å². The first-order valence-electron chi connectivity index (χ1n) is 5.52. The van der Waals surface area contributed by atoms with E-state index in [1.165, 1.54) is 5.56 Å². The van der Waals surface area contributed by atoms with Crippen LogP contribution >= 0.6 is 0 Å². The number of ether oxygens (including phenoxy) is 2. The highest BCUT2D eigenvalue weighted by Gasteiger charge is 2.27. The summed E-state index contributed by atoms with van der Waals surface area (Å²) in [5, 5.41) is 0. The maximum Gasteiger partial charge on any atom is 0.118 e. The van der Waals surface area contributed by atoms with E-state index in [0.717, 1.165) is 18.6 Å². The Morgan fingerprint density at radius 2 is 2.00 bits per heavy atom. The Morgan fingerprint density at radius 3 is 2.56 bits per heavy atom. The van der Waals surface area contributed by atoms with Crippen molar-refractivity contribution in [1.29, 1.82) is 0 Å². The molecule has 2 nitrogen and oxygen atoms in total. The third-order valence-electron chi connectivity index (χ3n) is 2.98. The summed E-state index contributed by atoms with van der Waals surface area (Å²) in [6.07, 6.45) is 7.68. The Morgan fingerprint density at radius 1 is 1.31 bits per heavy atom. The fourth-order valence-corrected chi connectivity index (χ4v) is 1.77. The second-order valence-corrected chi connectivity index (χ2v) is 4.12. The van der Waals surface area contributed by atoms with Gasteiger partial charge in [-0.3, -0.25) is 0 Å². The molecule has 1 aromatic carbocycles. The minimum atomic E-state index is 0.350. The molecule has 0 aromatic heterocycles. The van der Waals surface area contributed by atoms with Crippen molar-refractivity contribution in [2.24, 2.45) is 5.92 Å². The van der Waals surface area contributed by atoms with Crippen LogP contribution in [0.3, 0.4) is 0 Å². The average molecular weight is 216 g/mol. The highest BCUT2D eigenvalue weighted by Crippen LogP contribution is 2.29. The van der Waals surface area contributed by atoms with E-state index in [1.54, 1.807) is 7.11 Å². The minimum Gasteiger partial charge on any atom is -0.497 e. The van der Waals surface area contributed by atoms with Crippen LogP contribution in [0.15, 0.2) is 24.3 Å². The Labute approximate surface area is 96.6 Å². The van der Waals surface area contributed by atoms with Gasteiger partial charge in [0.2, 0.25) is 0 Å². The lowest BCUT2D eigenvalue weighted by Gasteiger charge is -2.31. The average Bonchev–Trinajstić information content (AvgIpc) is 2.28. The molecule has 1 aliphatic carbocycles. The van der Waals surface area contributed by atoms with Crippen molar-refractivity contribution in [1.82, 2.24) is 0 Å². The van der Waals surface area contributed by atoms with Gasteiger partial charge >= 0.3 is 0 Å². The van der Waals surface area contributed by atoms with Crippen molar-refractivity contribution in [3.05, 3.63) is 29.8 Å². The zero-order valence-electron chi connectivity index (χ0n) is 9.48. The number of rotatable bonds is 4. The Kier molecular flexibility index (Phi) is 3.48. The number of hydrogen-bond acceptors (Lipinski definition) is 2. The highest BCUT2D eigenvalue weighted by molar-refractivity contribution is 5.26. The second-order valence-electron chi connectivity index (χ2n) is 4.12. The number of methoxy groups -OCH3 is 1. The monoisotopic (exact) mass is 216 g/mol. The van der Waals surface area contributed by atoms with Crippen LogP contribution in [0.25, 0.3) is 0 Å². The Hall–Kier alpha value is -1.46. The summed E-state index contributed by atoms with van der Waals surface area (Å²) in [5.41, 5.74) is 1.17. The summed E-state index contributed by atoms with van der Waals surface area (Å²) in [7, 11) is 1.67. The van der Waals surface area contributed by atoms with Crippen LogP contribution in [0.2, 0.25) is 0 Å². The van der Waals surface area contributed by atoms with Gasteiger partial charge in [-0.1, -0.05) is 12.1 Å². The summed E-state index contributed by atoms with van der Waals surface area (Å²) in [6, 6.07) is 7.94. The summed E-state index contributed by atoms with van der Waals surface area (Å²) >= 11 is 0. The molecule has 0 saturated heterocycles. The Bertz CT molecular complexity index is 369. The molecule has 0 aliphatic heterocycles. The molecule has 0 atom stereocenters. The van der Waals surface area contributed by atoms with Gasteiger partial charge in [-0.25, -0.2) is 0 Å². The molecular weight excluding hydrogens is 200 g/mol. The molecule has 0 radical (unpaired) electrons. The molecule has 84 valence electrons. The molecule has 0 heterocycles. The van der Waals surface area contributed by atoms with Gasteiger partial charge in [-0.2, -0.15) is 0 Å². The molecule has 0 unspecified atom stereocenters. The largest absolute Gasteiger partial charge is 0.497 e. The summed E-state index contributed by atoms with van der Waals surface area (Å²) in [6.45, 7) is 0.659. The van der Waals surface area contributed by atoms with Gasteiger partial charge in [-0.05, 0) is 30.5 Å². The quantitative estimate of drug-likeness (QED) is 0.720. The number of terminal acetylenes is 1. The molecule has 2 heteroatoms. The van der Waals surface area contributed by atoms with Crippen molar-refractivity contribution < 1.29 is 9.47 Å². The maximum atomic E-state index is 5.73. The molecule has 0 spiro atoms. The Balaban J connectivity index is 1.76. The number of benzene rings is 1. The minimum absolute atomic E-state index is 0.350. The van der Waals surface area contributed by atoms with Crippen LogP contribution in [0.4, 0.5) is 0 Å². The third kappa shape index (κ3) is 2.56. The molecule has 0 N–H and O–H groups in total. The predicted molar refractivity (Wildman–Crippen MR) is 63.1 cm³/mol. The van der Waals surface area contributed by atoms with Crippen molar-refractivity contribution in [2.75, 3.05) is 7.11 Å². The predicted octanol–water partition coefficient (Wildman–Crippen LogP) is 2.62. The fraction of sp³-hybridized carbons (Fsp3) is 0.429. The molecule has 2 rings (SSSR count). The summed E-state index contributed by atoms with van der Waals surface area (Å²) < 4.78 is 10.8. The second kappa shape index (κ2) is 5.05. The van der Waals surface area contributed by atoms with Crippen molar-refractivity contribution in [2.45, 2.75) is 25.6 Å². The molecular formula is C14H16O2. The van der Waals surface area contributed by atoms with Crippen molar-refractivity contribution >= 4 is 0 Å². The van der Waals surface area contributed by atoms with E-state index in [9.17, 15) is 0 Å². The first kappa shape index (κ1) is 11.0. The molecule has 1 saturated carbocycles. The third-order valence-corrected chi connectivity index (χ3v) is 2.98. The van der Waals surface area contributed by atoms with E-state index in [0.29, 0.717) is 18.6 Å². The molecule has 0 bridgehead atoms. The lowest BCUT2D eigenvalue weighted by atomic mass is 9.83. The van der Waals surface area contributed by atoms with Crippen LogP contribution in [0, 0.1) is 18.3 Å². The van der Waals surface area contributed by atoms with E-state index in [-0.39, 0.29) is 0 Å². The lowest BCUT2D eigenvalue weighted by molar-refractivity contribution is -0.0260. The first-order valence-corrected chi connectivity index (χ1v) is 5.52. The van der Waals surface area contributed by atoms with E-state index >= 15 is 0 Å². The molecule has 0 amide bonds. The van der Waals surface area contributed by atoms with Gasteiger partial charge in [0.25, 0.3) is 0 Å². The van der Waals surface area contributed by atoms with E-state index in [4.69, 9.17) is 15.9 Å². The highest BCUT2D eigenvalue weighted by atomic mass is 16.5. The van der Waals surface area contributed by atoms with Crippen LogP contribution in [-0.4, -0.2) is 13.2 Å². The topological polar surface area (TPSA) is 18.5 Å². The SMILES string of the molecule is C#CC1CC(OCc2ccc(OC)cc2)C1. The van der Waals surface area contributed by atoms with Gasteiger partial charge in [0.1, 0.15) is 5.75 Å². The summed E-state index contributed by atoms with van der Waals surface area (Å²) in [5.74, 6) is 4.05. The standard InChI is InChI=1S/C14H16O2/c1-3-11-8-14(9-11)16-10-12-4-6-13(15-2)7-5-12/h1,4-7,11,14H,8-10H2,2H3. The molecule has 16 heavy (non-hydrogen) atoms. The fourth-order valence-electron chi connectivity index (χ4n) is 1.77. The maximum absolute atomic E-state index is 5.73. The van der Waals surface area contributed by atoms with Crippen LogP contribution in [-0.2, 0) is 11.3 Å². The van der Waals surface area contributed by atoms with Gasteiger partial charge in [0.05, 0.1) is 19.8 Å². The van der Waals surface area contributed by atoms with E-state index < -0.39 is 0 Å². The first-order chi connectivity index (χ1) is 7.81. The van der Waals surface area contributed by atoms with E-state index in [2.05, 4.69) is 5.92 Å². The zero-order chi connectivity index (χ0) is 11.4. The normalized spacial score (nSPS) is 23.2. The van der Waals surface area contributed by atoms with Crippen LogP contribution < -0.4 is 4.74 Å². The smallest absolute Gasteiger partial charge is 0.118 e. The molecule has 1 aromatic rings. The van der Waals surface area contributed by atoms with Crippen LogP contribution in [0.5, 0.6) is 5.75 Å². The number of hydrogen-bond donors (Lipinski definition) is 0. The zero-order valence-corrected chi connectivity index (χ0v) is 9.48. The van der Waals surface area contributed by atoms with Gasteiger partial charge < -0.3 is 9.47 Å². The van der Waals surface area contributed by atoms with Gasteiger partial charge in [-0.15, -0.1) is 12.3 Å². The van der Waals surface area contributed by atoms with Crippen LogP contribution in [0.1, 0.15) is 18.4 Å². The van der Waals surface area contributed by atoms with Gasteiger partial charge in [0.15, 0.2) is 0 Å². The molecule has 1 fully saturated rings. The van der Waals surface area contributed by atoms with Crippen molar-refractivity contribution in [3.63, 3.8) is 0 Å².